The lowest BCUT2D eigenvalue weighted by atomic mass is 10.4. The van der Waals surface area contributed by atoms with Gasteiger partial charge in [0.25, 0.3) is 10.2 Å². The molecule has 1 saturated heterocycles. The van der Waals surface area contributed by atoms with Crippen molar-refractivity contribution in [2.75, 3.05) is 19.6 Å². The van der Waals surface area contributed by atoms with Gasteiger partial charge in [0.2, 0.25) is 0 Å². The first-order valence-corrected chi connectivity index (χ1v) is 6.24. The molecule has 0 aromatic heterocycles. The maximum absolute atomic E-state index is 11.8. The molecule has 0 bridgehead atoms. The van der Waals surface area contributed by atoms with E-state index in [2.05, 4.69) is 0 Å². The van der Waals surface area contributed by atoms with Crippen LogP contribution in [0.3, 0.4) is 0 Å². The number of carboxylic acids is 1. The average molecular weight is 236 g/mol. The summed E-state index contributed by atoms with van der Waals surface area (Å²) in [6.45, 7) is 4.49. The van der Waals surface area contributed by atoms with Crippen LogP contribution < -0.4 is 0 Å². The molecule has 1 aliphatic heterocycles. The minimum atomic E-state index is -3.42. The first-order valence-electron chi connectivity index (χ1n) is 4.84. The number of carbonyl (C=O) groups is 1. The van der Waals surface area contributed by atoms with Gasteiger partial charge in [-0.1, -0.05) is 0 Å². The highest BCUT2D eigenvalue weighted by Crippen LogP contribution is 2.19. The summed E-state index contributed by atoms with van der Waals surface area (Å²) in [7, 11) is -3.42. The van der Waals surface area contributed by atoms with E-state index < -0.39 is 16.2 Å². The van der Waals surface area contributed by atoms with E-state index in [1.54, 1.807) is 13.8 Å². The van der Waals surface area contributed by atoms with E-state index in [1.165, 1.54) is 8.61 Å². The molecule has 0 saturated carbocycles. The molecule has 1 fully saturated rings. The molecule has 6 nitrogen and oxygen atoms in total. The molecule has 15 heavy (non-hydrogen) atoms. The Balaban J connectivity index is 2.67. The molecular formula is C8H16N2O4S. The van der Waals surface area contributed by atoms with Crippen LogP contribution in [0.4, 0.5) is 0 Å². The monoisotopic (exact) mass is 236 g/mol. The molecular weight excluding hydrogens is 220 g/mol. The van der Waals surface area contributed by atoms with Crippen LogP contribution in [0.1, 0.15) is 20.3 Å². The van der Waals surface area contributed by atoms with Gasteiger partial charge in [-0.05, 0) is 13.8 Å². The Hall–Kier alpha value is -0.660. The Morgan fingerprint density at radius 2 is 2.00 bits per heavy atom. The van der Waals surface area contributed by atoms with Gasteiger partial charge in [0.05, 0.1) is 6.42 Å². The van der Waals surface area contributed by atoms with Gasteiger partial charge in [0, 0.05) is 25.7 Å². The summed E-state index contributed by atoms with van der Waals surface area (Å²) < 4.78 is 26.2. The first-order chi connectivity index (χ1) is 6.85. The number of rotatable bonds is 4. The second kappa shape index (κ2) is 4.46. The van der Waals surface area contributed by atoms with Crippen molar-refractivity contribution >= 4 is 16.2 Å². The summed E-state index contributed by atoms with van der Waals surface area (Å²) >= 11 is 0. The Kier molecular flexibility index (Phi) is 3.69. The van der Waals surface area contributed by atoms with Crippen molar-refractivity contribution in [1.82, 2.24) is 8.61 Å². The molecule has 0 unspecified atom stereocenters. The highest BCUT2D eigenvalue weighted by atomic mass is 32.2. The van der Waals surface area contributed by atoms with E-state index in [0.29, 0.717) is 13.1 Å². The fourth-order valence-corrected chi connectivity index (χ4v) is 3.34. The number of carboxylic acid groups (broad SMARTS) is 1. The summed E-state index contributed by atoms with van der Waals surface area (Å²) in [5, 5.41) is 8.48. The van der Waals surface area contributed by atoms with Crippen molar-refractivity contribution in [3.63, 3.8) is 0 Å². The lowest BCUT2D eigenvalue weighted by molar-refractivity contribution is -0.137. The van der Waals surface area contributed by atoms with Gasteiger partial charge < -0.3 is 5.11 Å². The Morgan fingerprint density at radius 3 is 2.40 bits per heavy atom. The van der Waals surface area contributed by atoms with Crippen LogP contribution in [-0.2, 0) is 15.0 Å². The zero-order chi connectivity index (χ0) is 11.6. The standard InChI is InChI=1S/C8H16N2O4S/c1-7(2)10-6-5-9(15(10,13)14)4-3-8(11)12/h7H,3-6H2,1-2H3,(H,11,12). The second-order valence-electron chi connectivity index (χ2n) is 3.76. The molecule has 0 amide bonds. The first kappa shape index (κ1) is 12.4. The minimum Gasteiger partial charge on any atom is -0.481 e. The molecule has 1 heterocycles. The molecule has 0 aliphatic carbocycles. The smallest absolute Gasteiger partial charge is 0.304 e. The Labute approximate surface area is 89.7 Å². The average Bonchev–Trinajstić information content (AvgIpc) is 2.37. The predicted molar refractivity (Wildman–Crippen MR) is 54.6 cm³/mol. The van der Waals surface area contributed by atoms with Crippen LogP contribution >= 0.6 is 0 Å². The van der Waals surface area contributed by atoms with Gasteiger partial charge in [-0.15, -0.1) is 0 Å². The molecule has 0 atom stereocenters. The van der Waals surface area contributed by atoms with Crippen LogP contribution in [-0.4, -0.2) is 53.8 Å². The highest BCUT2D eigenvalue weighted by Gasteiger charge is 2.37. The lowest BCUT2D eigenvalue weighted by Gasteiger charge is -2.20. The second-order valence-corrected chi connectivity index (χ2v) is 5.64. The van der Waals surface area contributed by atoms with Crippen molar-refractivity contribution in [3.05, 3.63) is 0 Å². The zero-order valence-electron chi connectivity index (χ0n) is 8.88. The van der Waals surface area contributed by atoms with Crippen LogP contribution in [0.2, 0.25) is 0 Å². The highest BCUT2D eigenvalue weighted by molar-refractivity contribution is 7.87. The topological polar surface area (TPSA) is 77.9 Å². The normalized spacial score (nSPS) is 22.3. The molecule has 1 aliphatic rings. The van der Waals surface area contributed by atoms with Crippen molar-refractivity contribution in [3.8, 4) is 0 Å². The van der Waals surface area contributed by atoms with Gasteiger partial charge in [0.15, 0.2) is 0 Å². The van der Waals surface area contributed by atoms with Gasteiger partial charge in [-0.3, -0.25) is 4.79 Å². The number of hydrogen-bond donors (Lipinski definition) is 1. The van der Waals surface area contributed by atoms with Gasteiger partial charge in [-0.25, -0.2) is 0 Å². The molecule has 0 spiro atoms. The van der Waals surface area contributed by atoms with Crippen LogP contribution in [0.25, 0.3) is 0 Å². The third-order valence-electron chi connectivity index (χ3n) is 2.34. The van der Waals surface area contributed by atoms with E-state index in [4.69, 9.17) is 5.11 Å². The third-order valence-corrected chi connectivity index (χ3v) is 4.56. The molecule has 88 valence electrons. The zero-order valence-corrected chi connectivity index (χ0v) is 9.70. The summed E-state index contributed by atoms with van der Waals surface area (Å²) in [4.78, 5) is 10.3. The maximum Gasteiger partial charge on any atom is 0.304 e. The summed E-state index contributed by atoms with van der Waals surface area (Å²) in [6, 6.07) is -0.0789. The van der Waals surface area contributed by atoms with Crippen molar-refractivity contribution in [2.45, 2.75) is 26.3 Å². The van der Waals surface area contributed by atoms with Gasteiger partial charge >= 0.3 is 5.97 Å². The van der Waals surface area contributed by atoms with Gasteiger partial charge in [0.1, 0.15) is 0 Å². The number of aliphatic carboxylic acids is 1. The number of hydrogen-bond acceptors (Lipinski definition) is 3. The fraction of sp³-hybridized carbons (Fsp3) is 0.875. The molecule has 0 aromatic carbocycles. The van der Waals surface area contributed by atoms with Crippen LogP contribution in [0.5, 0.6) is 0 Å². The Bertz CT molecular complexity index is 339. The number of nitrogens with zero attached hydrogens (tertiary/aromatic N) is 2. The van der Waals surface area contributed by atoms with E-state index in [1.807, 2.05) is 0 Å². The van der Waals surface area contributed by atoms with E-state index in [-0.39, 0.29) is 19.0 Å². The SMILES string of the molecule is CC(C)N1CCN(CCC(=O)O)S1(=O)=O. The van der Waals surface area contributed by atoms with Crippen LogP contribution in [0.15, 0.2) is 0 Å². The van der Waals surface area contributed by atoms with E-state index >= 15 is 0 Å². The summed E-state index contributed by atoms with van der Waals surface area (Å²) in [6.07, 6.45) is -0.148. The molecule has 1 N–H and O–H groups in total. The van der Waals surface area contributed by atoms with Crippen LogP contribution in [0, 0.1) is 0 Å². The largest absolute Gasteiger partial charge is 0.481 e. The molecule has 1 rings (SSSR count). The van der Waals surface area contributed by atoms with Crippen molar-refractivity contribution in [1.29, 1.82) is 0 Å². The Morgan fingerprint density at radius 1 is 1.40 bits per heavy atom. The third kappa shape index (κ3) is 2.67. The quantitative estimate of drug-likeness (QED) is 0.729. The molecule has 0 radical (unpaired) electrons. The predicted octanol–water partition coefficient (Wildman–Crippen LogP) is -0.268. The van der Waals surface area contributed by atoms with E-state index in [9.17, 15) is 13.2 Å². The molecule has 0 aromatic rings. The minimum absolute atomic E-state index is 0.0564. The van der Waals surface area contributed by atoms with Gasteiger partial charge in [-0.2, -0.15) is 17.0 Å². The summed E-state index contributed by atoms with van der Waals surface area (Å²) in [5.41, 5.74) is 0. The van der Waals surface area contributed by atoms with E-state index in [0.717, 1.165) is 0 Å². The maximum atomic E-state index is 11.8. The molecule has 7 heteroatoms. The van der Waals surface area contributed by atoms with Crippen molar-refractivity contribution in [2.24, 2.45) is 0 Å². The summed E-state index contributed by atoms with van der Waals surface area (Å²) in [5.74, 6) is -0.979. The fourth-order valence-electron chi connectivity index (χ4n) is 1.56. The lowest BCUT2D eigenvalue weighted by Crippen LogP contribution is -2.37. The van der Waals surface area contributed by atoms with Crippen molar-refractivity contribution < 1.29 is 18.3 Å².